The third-order valence-corrected chi connectivity index (χ3v) is 5.60. The molecular weight excluding hydrogens is 431 g/mol. The zero-order valence-corrected chi connectivity index (χ0v) is 18.5. The van der Waals surface area contributed by atoms with Crippen LogP contribution in [0.25, 0.3) is 5.57 Å². The van der Waals surface area contributed by atoms with Crippen molar-refractivity contribution < 1.29 is 13.7 Å². The second-order valence-electron chi connectivity index (χ2n) is 7.87. The second-order valence-corrected chi connectivity index (χ2v) is 8.30. The summed E-state index contributed by atoms with van der Waals surface area (Å²) in [6.07, 6.45) is 3.42. The molecule has 166 valence electrons. The van der Waals surface area contributed by atoms with Crippen molar-refractivity contribution in [1.82, 2.24) is 15.0 Å². The number of aryl methyl sites for hydroxylation is 2. The van der Waals surface area contributed by atoms with E-state index in [1.807, 2.05) is 18.2 Å². The highest BCUT2D eigenvalue weighted by Crippen LogP contribution is 2.22. The Balaban J connectivity index is 1.27. The van der Waals surface area contributed by atoms with Crippen LogP contribution in [0.1, 0.15) is 35.7 Å². The largest absolute Gasteiger partial charge is 0.339 e. The average Bonchev–Trinajstić information content (AvgIpc) is 3.25. The molecule has 2 heterocycles. The van der Waals surface area contributed by atoms with Crippen molar-refractivity contribution in [2.45, 2.75) is 32.7 Å². The molecule has 0 bridgehead atoms. The van der Waals surface area contributed by atoms with Gasteiger partial charge in [-0.05, 0) is 54.3 Å². The van der Waals surface area contributed by atoms with Gasteiger partial charge in [0.25, 0.3) is 0 Å². The second kappa shape index (κ2) is 10.1. The number of anilines is 1. The van der Waals surface area contributed by atoms with Crippen LogP contribution in [0.3, 0.4) is 0 Å². The first-order chi connectivity index (χ1) is 15.5. The van der Waals surface area contributed by atoms with Crippen LogP contribution in [0.2, 0.25) is 5.02 Å². The Bertz CT molecular complexity index is 1140. The molecule has 0 radical (unpaired) electrons. The number of hydrogen-bond donors (Lipinski definition) is 1. The molecule has 8 heteroatoms. The van der Waals surface area contributed by atoms with Gasteiger partial charge in [0.15, 0.2) is 5.82 Å². The van der Waals surface area contributed by atoms with E-state index in [1.54, 1.807) is 19.1 Å². The lowest BCUT2D eigenvalue weighted by Gasteiger charge is -2.25. The third-order valence-electron chi connectivity index (χ3n) is 5.37. The summed E-state index contributed by atoms with van der Waals surface area (Å²) in [4.78, 5) is 18.9. The first-order valence-electron chi connectivity index (χ1n) is 10.5. The van der Waals surface area contributed by atoms with Gasteiger partial charge < -0.3 is 9.84 Å². The minimum Gasteiger partial charge on any atom is -0.339 e. The van der Waals surface area contributed by atoms with Gasteiger partial charge in [0.1, 0.15) is 5.82 Å². The van der Waals surface area contributed by atoms with Crippen LogP contribution in [-0.4, -0.2) is 34.0 Å². The number of carbonyl (C=O) groups excluding carboxylic acids is 1. The normalized spacial score (nSPS) is 14.3. The third kappa shape index (κ3) is 5.81. The molecule has 0 aliphatic carbocycles. The van der Waals surface area contributed by atoms with Crippen molar-refractivity contribution >= 4 is 28.8 Å². The first-order valence-corrected chi connectivity index (χ1v) is 10.9. The quantitative estimate of drug-likeness (QED) is 0.542. The lowest BCUT2D eigenvalue weighted by Crippen LogP contribution is -2.28. The number of carbonyl (C=O) groups is 1. The van der Waals surface area contributed by atoms with Crippen molar-refractivity contribution in [2.24, 2.45) is 0 Å². The van der Waals surface area contributed by atoms with E-state index in [0.717, 1.165) is 36.7 Å². The molecule has 0 fully saturated rings. The smallest absolute Gasteiger partial charge is 0.227 e. The number of rotatable bonds is 7. The molecule has 1 N–H and O–H groups in total. The highest BCUT2D eigenvalue weighted by atomic mass is 35.5. The molecule has 3 aromatic rings. The van der Waals surface area contributed by atoms with Crippen LogP contribution >= 0.6 is 11.6 Å². The molecular formula is C24H24ClFN4O2. The maximum absolute atomic E-state index is 13.6. The van der Waals surface area contributed by atoms with Crippen molar-refractivity contribution in [2.75, 3.05) is 18.4 Å². The number of nitrogens with one attached hydrogen (secondary N) is 1. The SMILES string of the molecule is Cc1ccc(NC(=O)CCc2nc(C3=CCN(Cc4cccc(Cl)c4)CC3)no2)cc1F. The summed E-state index contributed by atoms with van der Waals surface area (Å²) in [6, 6.07) is 12.5. The van der Waals surface area contributed by atoms with E-state index < -0.39 is 0 Å². The molecule has 0 spiro atoms. The molecule has 1 aliphatic heterocycles. The summed E-state index contributed by atoms with van der Waals surface area (Å²) in [6.45, 7) is 4.19. The minimum absolute atomic E-state index is 0.170. The lowest BCUT2D eigenvalue weighted by molar-refractivity contribution is -0.116. The number of benzene rings is 2. The number of amides is 1. The van der Waals surface area contributed by atoms with E-state index >= 15 is 0 Å². The van der Waals surface area contributed by atoms with Crippen molar-refractivity contribution in [1.29, 1.82) is 0 Å². The number of hydrogen-bond acceptors (Lipinski definition) is 5. The molecule has 32 heavy (non-hydrogen) atoms. The topological polar surface area (TPSA) is 71.3 Å². The molecule has 0 saturated heterocycles. The number of nitrogens with zero attached hydrogens (tertiary/aromatic N) is 3. The summed E-state index contributed by atoms with van der Waals surface area (Å²) >= 11 is 6.07. The summed E-state index contributed by atoms with van der Waals surface area (Å²) in [7, 11) is 0. The fourth-order valence-corrected chi connectivity index (χ4v) is 3.77. The molecule has 0 unspecified atom stereocenters. The van der Waals surface area contributed by atoms with Gasteiger partial charge in [-0.2, -0.15) is 4.98 Å². The van der Waals surface area contributed by atoms with Crippen LogP contribution in [0.5, 0.6) is 0 Å². The van der Waals surface area contributed by atoms with E-state index in [1.165, 1.54) is 11.6 Å². The minimum atomic E-state index is -0.351. The van der Waals surface area contributed by atoms with Crippen LogP contribution in [-0.2, 0) is 17.8 Å². The van der Waals surface area contributed by atoms with Gasteiger partial charge >= 0.3 is 0 Å². The maximum Gasteiger partial charge on any atom is 0.227 e. The molecule has 0 atom stereocenters. The zero-order chi connectivity index (χ0) is 22.5. The highest BCUT2D eigenvalue weighted by molar-refractivity contribution is 6.30. The van der Waals surface area contributed by atoms with Gasteiger partial charge in [-0.25, -0.2) is 4.39 Å². The number of aromatic nitrogens is 2. The average molecular weight is 455 g/mol. The fraction of sp³-hybridized carbons (Fsp3) is 0.292. The molecule has 1 amide bonds. The summed E-state index contributed by atoms with van der Waals surface area (Å²) in [5.41, 5.74) is 3.19. The van der Waals surface area contributed by atoms with Crippen molar-refractivity contribution in [3.8, 4) is 0 Å². The Morgan fingerprint density at radius 1 is 1.28 bits per heavy atom. The van der Waals surface area contributed by atoms with Crippen molar-refractivity contribution in [3.05, 3.63) is 82.2 Å². The standard InChI is InChI=1S/C24H24ClFN4O2/c1-16-5-6-20(14-21(16)26)27-22(31)7-8-23-28-24(29-32-23)18-9-11-30(12-10-18)15-17-3-2-4-19(25)13-17/h2-6,9,13-14H,7-8,10-12,15H2,1H3,(H,27,31). The molecule has 4 rings (SSSR count). The van der Waals surface area contributed by atoms with Crippen LogP contribution in [0.15, 0.2) is 53.1 Å². The van der Waals surface area contributed by atoms with Gasteiger partial charge in [0, 0.05) is 43.2 Å². The van der Waals surface area contributed by atoms with Crippen molar-refractivity contribution in [3.63, 3.8) is 0 Å². The molecule has 1 aliphatic rings. The Morgan fingerprint density at radius 3 is 2.91 bits per heavy atom. The van der Waals surface area contributed by atoms with E-state index in [2.05, 4.69) is 32.5 Å². The molecule has 0 saturated carbocycles. The molecule has 6 nitrogen and oxygen atoms in total. The maximum atomic E-state index is 13.6. The zero-order valence-electron chi connectivity index (χ0n) is 17.8. The first kappa shape index (κ1) is 22.2. The van der Waals surface area contributed by atoms with Crippen LogP contribution in [0.4, 0.5) is 10.1 Å². The van der Waals surface area contributed by atoms with Gasteiger partial charge in [0.05, 0.1) is 0 Å². The molecule has 2 aromatic carbocycles. The number of halogens is 2. The van der Waals surface area contributed by atoms with Gasteiger partial charge in [-0.15, -0.1) is 0 Å². The molecule has 1 aromatic heterocycles. The van der Waals surface area contributed by atoms with Gasteiger partial charge in [-0.3, -0.25) is 9.69 Å². The predicted octanol–water partition coefficient (Wildman–Crippen LogP) is 5.03. The Kier molecular flexibility index (Phi) is 6.97. The van der Waals surface area contributed by atoms with E-state index in [4.69, 9.17) is 16.1 Å². The van der Waals surface area contributed by atoms with Crippen LogP contribution in [0, 0.1) is 12.7 Å². The van der Waals surface area contributed by atoms with E-state index in [0.29, 0.717) is 29.4 Å². The summed E-state index contributed by atoms with van der Waals surface area (Å²) < 4.78 is 18.9. The Morgan fingerprint density at radius 2 is 2.16 bits per heavy atom. The monoisotopic (exact) mass is 454 g/mol. The Labute approximate surface area is 191 Å². The predicted molar refractivity (Wildman–Crippen MR) is 122 cm³/mol. The summed E-state index contributed by atoms with van der Waals surface area (Å²) in [5, 5.41) is 7.50. The highest BCUT2D eigenvalue weighted by Gasteiger charge is 2.18. The van der Waals surface area contributed by atoms with Gasteiger partial charge in [0.2, 0.25) is 11.8 Å². The van der Waals surface area contributed by atoms with Crippen LogP contribution < -0.4 is 5.32 Å². The van der Waals surface area contributed by atoms with E-state index in [-0.39, 0.29) is 18.1 Å². The van der Waals surface area contributed by atoms with Gasteiger partial charge in [-0.1, -0.05) is 41.0 Å². The lowest BCUT2D eigenvalue weighted by atomic mass is 10.1. The van der Waals surface area contributed by atoms with E-state index in [9.17, 15) is 9.18 Å². The fourth-order valence-electron chi connectivity index (χ4n) is 3.55. The summed E-state index contributed by atoms with van der Waals surface area (Å²) in [5.74, 6) is 0.397. The Hall–Kier alpha value is -3.03.